The molecular formula is C23H36FN3S. The fourth-order valence-electron chi connectivity index (χ4n) is 3.76. The minimum atomic E-state index is -0.828. The van der Waals surface area contributed by atoms with Crippen molar-refractivity contribution in [1.29, 1.82) is 0 Å². The molecule has 0 aromatic rings. The van der Waals surface area contributed by atoms with Gasteiger partial charge in [0.05, 0.1) is 17.5 Å². The number of allylic oxidation sites excluding steroid dienone is 4. The van der Waals surface area contributed by atoms with E-state index >= 15 is 0 Å². The van der Waals surface area contributed by atoms with Gasteiger partial charge in [0.1, 0.15) is 12.0 Å². The molecule has 2 aliphatic rings. The first-order chi connectivity index (χ1) is 13.4. The highest BCUT2D eigenvalue weighted by Crippen LogP contribution is 2.37. The molecule has 1 saturated heterocycles. The molecule has 2 rings (SSSR count). The third-order valence-corrected chi connectivity index (χ3v) is 6.85. The molecule has 0 amide bonds. The molecule has 4 atom stereocenters. The van der Waals surface area contributed by atoms with Gasteiger partial charge in [-0.2, -0.15) is 0 Å². The van der Waals surface area contributed by atoms with Gasteiger partial charge in [-0.05, 0) is 50.0 Å². The smallest absolute Gasteiger partial charge is 0.117 e. The third-order valence-electron chi connectivity index (χ3n) is 5.45. The molecule has 0 aromatic heterocycles. The number of nitrogens with zero attached hydrogens (tertiary/aromatic N) is 3. The number of thioether (sulfide) groups is 1. The molecule has 4 unspecified atom stereocenters. The Labute approximate surface area is 175 Å². The Balaban J connectivity index is 2.34. The first-order valence-corrected chi connectivity index (χ1v) is 11.4. The average Bonchev–Trinajstić information content (AvgIpc) is 3.06. The van der Waals surface area contributed by atoms with Crippen LogP contribution in [0, 0.1) is 11.8 Å². The normalized spacial score (nSPS) is 24.1. The second kappa shape index (κ2) is 11.0. The molecule has 2 heterocycles. The predicted molar refractivity (Wildman–Crippen MR) is 123 cm³/mol. The summed E-state index contributed by atoms with van der Waals surface area (Å²) in [6.45, 7) is 12.2. The molecule has 2 aliphatic heterocycles. The molecular weight excluding hydrogens is 369 g/mol. The van der Waals surface area contributed by atoms with Gasteiger partial charge in [-0.3, -0.25) is 9.98 Å². The lowest BCUT2D eigenvalue weighted by molar-refractivity contribution is 0.365. The predicted octanol–water partition coefficient (Wildman–Crippen LogP) is 6.05. The van der Waals surface area contributed by atoms with Crippen molar-refractivity contribution in [3.05, 3.63) is 34.9 Å². The maximum atomic E-state index is 13.2. The van der Waals surface area contributed by atoms with Crippen LogP contribution in [0.3, 0.4) is 0 Å². The molecule has 156 valence electrons. The maximum Gasteiger partial charge on any atom is 0.117 e. The molecule has 1 fully saturated rings. The lowest BCUT2D eigenvalue weighted by Crippen LogP contribution is -2.41. The largest absolute Gasteiger partial charge is 0.332 e. The second-order valence-electron chi connectivity index (χ2n) is 7.96. The zero-order valence-electron chi connectivity index (χ0n) is 18.3. The van der Waals surface area contributed by atoms with Crippen molar-refractivity contribution in [2.24, 2.45) is 21.8 Å². The molecule has 0 radical (unpaired) electrons. The average molecular weight is 406 g/mol. The van der Waals surface area contributed by atoms with Crippen molar-refractivity contribution in [3.8, 4) is 0 Å². The first-order valence-electron chi connectivity index (χ1n) is 10.5. The molecule has 0 N–H and O–H groups in total. The highest BCUT2D eigenvalue weighted by molar-refractivity contribution is 8.03. The van der Waals surface area contributed by atoms with E-state index in [4.69, 9.17) is 4.99 Å². The molecule has 0 aliphatic carbocycles. The number of rotatable bonds is 9. The van der Waals surface area contributed by atoms with Gasteiger partial charge in [0, 0.05) is 24.9 Å². The second-order valence-corrected chi connectivity index (χ2v) is 9.01. The Kier molecular flexibility index (Phi) is 9.00. The van der Waals surface area contributed by atoms with Crippen LogP contribution in [0.4, 0.5) is 4.39 Å². The molecule has 5 heteroatoms. The van der Waals surface area contributed by atoms with E-state index in [1.54, 1.807) is 6.92 Å². The number of halogens is 1. The van der Waals surface area contributed by atoms with Crippen LogP contribution in [0.1, 0.15) is 53.9 Å². The van der Waals surface area contributed by atoms with Crippen molar-refractivity contribution < 1.29 is 4.39 Å². The van der Waals surface area contributed by atoms with Crippen LogP contribution in [-0.4, -0.2) is 48.0 Å². The van der Waals surface area contributed by atoms with Gasteiger partial charge in [0.15, 0.2) is 0 Å². The van der Waals surface area contributed by atoms with Crippen LogP contribution < -0.4 is 0 Å². The lowest BCUT2D eigenvalue weighted by Gasteiger charge is -2.35. The highest BCUT2D eigenvalue weighted by atomic mass is 32.2. The Morgan fingerprint density at radius 2 is 2.18 bits per heavy atom. The number of aliphatic imine (C=N–C) groups is 2. The van der Waals surface area contributed by atoms with Crippen LogP contribution in [-0.2, 0) is 0 Å². The summed E-state index contributed by atoms with van der Waals surface area (Å²) in [5.41, 5.74) is 3.52. The maximum absolute atomic E-state index is 13.2. The van der Waals surface area contributed by atoms with Crippen LogP contribution >= 0.6 is 11.8 Å². The highest BCUT2D eigenvalue weighted by Gasteiger charge is 2.37. The molecule has 0 aromatic carbocycles. The monoisotopic (exact) mass is 405 g/mol. The molecule has 0 bridgehead atoms. The van der Waals surface area contributed by atoms with Crippen molar-refractivity contribution in [2.75, 3.05) is 20.1 Å². The van der Waals surface area contributed by atoms with Crippen molar-refractivity contribution >= 4 is 23.3 Å². The van der Waals surface area contributed by atoms with Crippen molar-refractivity contribution in [1.82, 2.24) is 4.90 Å². The number of hydrogen-bond donors (Lipinski definition) is 0. The van der Waals surface area contributed by atoms with E-state index in [9.17, 15) is 4.39 Å². The van der Waals surface area contributed by atoms with Gasteiger partial charge in [0.2, 0.25) is 0 Å². The zero-order valence-corrected chi connectivity index (χ0v) is 19.1. The van der Waals surface area contributed by atoms with Gasteiger partial charge >= 0.3 is 0 Å². The summed E-state index contributed by atoms with van der Waals surface area (Å²) in [6, 6.07) is 0. The number of hydrogen-bond acceptors (Lipinski definition) is 4. The summed E-state index contributed by atoms with van der Waals surface area (Å²) in [5.74, 6) is 2.38. The van der Waals surface area contributed by atoms with Crippen LogP contribution in [0.5, 0.6) is 0 Å². The topological polar surface area (TPSA) is 28.0 Å². The van der Waals surface area contributed by atoms with Crippen molar-refractivity contribution in [3.63, 3.8) is 0 Å². The minimum Gasteiger partial charge on any atom is -0.332 e. The fraction of sp³-hybridized carbons (Fsp3) is 0.652. The van der Waals surface area contributed by atoms with Gasteiger partial charge < -0.3 is 4.90 Å². The summed E-state index contributed by atoms with van der Waals surface area (Å²) in [5, 5.41) is 2.56. The Bertz CT molecular complexity index is 675. The van der Waals surface area contributed by atoms with E-state index in [0.29, 0.717) is 30.1 Å². The standard InChI is InChI=1S/C23H36FN3S/c1-7-12-28-22(17(4)8-2)23-26-14-19(21-13-16(3)15-27(21)23)20(25-6)11-9-10-18(5)24/h7,9,11-12,16-18,22H,8,10,13-15H2,1-6H3/b11-9-,12-7-,25-20+. The van der Waals surface area contributed by atoms with E-state index in [1.165, 1.54) is 17.1 Å². The fourth-order valence-corrected chi connectivity index (χ4v) is 4.87. The van der Waals surface area contributed by atoms with E-state index in [1.807, 2.05) is 31.0 Å². The van der Waals surface area contributed by atoms with Crippen LogP contribution in [0.15, 0.2) is 44.9 Å². The first kappa shape index (κ1) is 22.9. The minimum absolute atomic E-state index is 0.369. The van der Waals surface area contributed by atoms with Gasteiger partial charge in [-0.15, -0.1) is 11.8 Å². The van der Waals surface area contributed by atoms with E-state index in [-0.39, 0.29) is 0 Å². The zero-order chi connectivity index (χ0) is 20.7. The SMILES string of the molecule is C/C=C\SC(C1=NCC(C(/C=C\CC(C)F)=N/C)=C2CC(C)CN12)C(C)CC. The van der Waals surface area contributed by atoms with E-state index in [2.05, 4.69) is 49.1 Å². The van der Waals surface area contributed by atoms with Gasteiger partial charge in [0.25, 0.3) is 0 Å². The number of amidine groups is 1. The number of alkyl halides is 1. The summed E-state index contributed by atoms with van der Waals surface area (Å²) >= 11 is 1.88. The molecule has 0 spiro atoms. The quantitative estimate of drug-likeness (QED) is 0.437. The molecule has 0 saturated carbocycles. The summed E-state index contributed by atoms with van der Waals surface area (Å²) < 4.78 is 13.2. The van der Waals surface area contributed by atoms with Crippen molar-refractivity contribution in [2.45, 2.75) is 65.3 Å². The number of fused-ring (bicyclic) bond motifs is 1. The Morgan fingerprint density at radius 3 is 2.79 bits per heavy atom. The van der Waals surface area contributed by atoms with Crippen LogP contribution in [0.25, 0.3) is 0 Å². The summed E-state index contributed by atoms with van der Waals surface area (Å²) in [6.07, 6.45) is 7.76. The van der Waals surface area contributed by atoms with Crippen LogP contribution in [0.2, 0.25) is 0 Å². The van der Waals surface area contributed by atoms with E-state index in [0.717, 1.165) is 25.1 Å². The van der Waals surface area contributed by atoms with E-state index < -0.39 is 6.17 Å². The molecule has 3 nitrogen and oxygen atoms in total. The lowest BCUT2D eigenvalue weighted by atomic mass is 9.99. The Morgan fingerprint density at radius 1 is 1.43 bits per heavy atom. The Hall–Kier alpha value is -1.36. The van der Waals surface area contributed by atoms with Gasteiger partial charge in [-0.1, -0.05) is 39.3 Å². The third kappa shape index (κ3) is 5.59. The summed E-state index contributed by atoms with van der Waals surface area (Å²) in [7, 11) is 1.82. The molecule has 28 heavy (non-hydrogen) atoms. The van der Waals surface area contributed by atoms with Gasteiger partial charge in [-0.25, -0.2) is 4.39 Å². The summed E-state index contributed by atoms with van der Waals surface area (Å²) in [4.78, 5) is 12.0.